The summed E-state index contributed by atoms with van der Waals surface area (Å²) in [6.45, 7) is 0. The Hall–Kier alpha value is -3.14. The largest absolute Gasteiger partial charge is 0.494 e. The van der Waals surface area contributed by atoms with Gasteiger partial charge in [-0.05, 0) is 24.3 Å². The van der Waals surface area contributed by atoms with Gasteiger partial charge >= 0.3 is 0 Å². The van der Waals surface area contributed by atoms with Crippen molar-refractivity contribution in [2.24, 2.45) is 0 Å². The molecule has 10 heteroatoms. The summed E-state index contributed by atoms with van der Waals surface area (Å²) in [5, 5.41) is 13.2. The SMILES string of the molecule is COc1cc(NC(=O)c2ccc([N+](=O)[O-])cc2)ccc1NS(C)(=O)=O. The fourth-order valence-corrected chi connectivity index (χ4v) is 2.56. The predicted octanol–water partition coefficient (Wildman–Crippen LogP) is 2.23. The molecule has 0 aliphatic carbocycles. The molecule has 0 fully saturated rings. The van der Waals surface area contributed by atoms with Crippen LogP contribution < -0.4 is 14.8 Å². The van der Waals surface area contributed by atoms with Crippen LogP contribution in [0.2, 0.25) is 0 Å². The molecule has 0 aromatic heterocycles. The van der Waals surface area contributed by atoms with Crippen LogP contribution in [0, 0.1) is 10.1 Å². The van der Waals surface area contributed by atoms with Crippen molar-refractivity contribution >= 4 is 33.0 Å². The van der Waals surface area contributed by atoms with Gasteiger partial charge in [-0.2, -0.15) is 0 Å². The lowest BCUT2D eigenvalue weighted by Gasteiger charge is -2.12. The molecule has 25 heavy (non-hydrogen) atoms. The molecule has 0 unspecified atom stereocenters. The van der Waals surface area contributed by atoms with Crippen molar-refractivity contribution in [3.8, 4) is 5.75 Å². The summed E-state index contributed by atoms with van der Waals surface area (Å²) in [4.78, 5) is 22.2. The van der Waals surface area contributed by atoms with Gasteiger partial charge in [-0.15, -0.1) is 0 Å². The van der Waals surface area contributed by atoms with E-state index in [0.29, 0.717) is 5.69 Å². The Labute approximate surface area is 143 Å². The highest BCUT2D eigenvalue weighted by Gasteiger charge is 2.12. The van der Waals surface area contributed by atoms with E-state index >= 15 is 0 Å². The highest BCUT2D eigenvalue weighted by atomic mass is 32.2. The van der Waals surface area contributed by atoms with E-state index in [9.17, 15) is 23.3 Å². The Kier molecular flexibility index (Phi) is 5.22. The van der Waals surface area contributed by atoms with Crippen LogP contribution >= 0.6 is 0 Å². The molecule has 2 N–H and O–H groups in total. The van der Waals surface area contributed by atoms with Crippen LogP contribution in [0.25, 0.3) is 0 Å². The summed E-state index contributed by atoms with van der Waals surface area (Å²) in [5.74, 6) is -0.243. The monoisotopic (exact) mass is 365 g/mol. The smallest absolute Gasteiger partial charge is 0.269 e. The number of amides is 1. The molecule has 0 spiro atoms. The molecule has 2 rings (SSSR count). The average molecular weight is 365 g/mol. The molecule has 0 bridgehead atoms. The number of carbonyl (C=O) groups excluding carboxylic acids is 1. The molecule has 9 nitrogen and oxygen atoms in total. The molecule has 132 valence electrons. The number of hydrogen-bond acceptors (Lipinski definition) is 6. The van der Waals surface area contributed by atoms with Crippen LogP contribution in [0.1, 0.15) is 10.4 Å². The van der Waals surface area contributed by atoms with Crippen LogP contribution in [0.3, 0.4) is 0 Å². The lowest BCUT2D eigenvalue weighted by atomic mass is 10.2. The number of rotatable bonds is 6. The van der Waals surface area contributed by atoms with Gasteiger partial charge in [0.15, 0.2) is 0 Å². The van der Waals surface area contributed by atoms with Gasteiger partial charge in [0.1, 0.15) is 5.75 Å². The third-order valence-corrected chi connectivity index (χ3v) is 3.69. The summed E-state index contributed by atoms with van der Waals surface area (Å²) < 4.78 is 30.0. The minimum atomic E-state index is -3.47. The Morgan fingerprint density at radius 2 is 1.80 bits per heavy atom. The standard InChI is InChI=1S/C15H15N3O6S/c1-24-14-9-11(5-8-13(14)17-25(2,22)23)16-15(19)10-3-6-12(7-4-10)18(20)21/h3-9,17H,1-2H3,(H,16,19). The van der Waals surface area contributed by atoms with Gasteiger partial charge < -0.3 is 10.1 Å². The fraction of sp³-hybridized carbons (Fsp3) is 0.133. The third kappa shape index (κ3) is 4.91. The zero-order chi connectivity index (χ0) is 18.6. The average Bonchev–Trinajstić information content (AvgIpc) is 2.55. The number of carbonyl (C=O) groups is 1. The van der Waals surface area contributed by atoms with E-state index in [1.807, 2.05) is 0 Å². The van der Waals surface area contributed by atoms with Gasteiger partial charge in [0.2, 0.25) is 10.0 Å². The quantitative estimate of drug-likeness (QED) is 0.597. The molecular weight excluding hydrogens is 350 g/mol. The molecule has 0 heterocycles. The van der Waals surface area contributed by atoms with Crippen molar-refractivity contribution in [2.45, 2.75) is 0 Å². The van der Waals surface area contributed by atoms with Gasteiger partial charge in [-0.1, -0.05) is 0 Å². The molecule has 2 aromatic rings. The number of nitro benzene ring substituents is 1. The topological polar surface area (TPSA) is 128 Å². The Morgan fingerprint density at radius 3 is 2.32 bits per heavy atom. The highest BCUT2D eigenvalue weighted by molar-refractivity contribution is 7.92. The summed E-state index contributed by atoms with van der Waals surface area (Å²) in [6.07, 6.45) is 1.01. The number of methoxy groups -OCH3 is 1. The van der Waals surface area contributed by atoms with Crippen LogP contribution in [0.4, 0.5) is 17.1 Å². The Morgan fingerprint density at radius 1 is 1.16 bits per heavy atom. The number of nitrogens with zero attached hydrogens (tertiary/aromatic N) is 1. The van der Waals surface area contributed by atoms with Crippen molar-refractivity contribution in [1.82, 2.24) is 0 Å². The summed E-state index contributed by atoms with van der Waals surface area (Å²) in [7, 11) is -2.11. The summed E-state index contributed by atoms with van der Waals surface area (Å²) in [6, 6.07) is 9.54. The number of benzene rings is 2. The van der Waals surface area contributed by atoms with E-state index in [2.05, 4.69) is 10.0 Å². The predicted molar refractivity (Wildman–Crippen MR) is 92.5 cm³/mol. The summed E-state index contributed by atoms with van der Waals surface area (Å²) in [5.41, 5.74) is 0.731. The number of sulfonamides is 1. The highest BCUT2D eigenvalue weighted by Crippen LogP contribution is 2.29. The molecule has 0 aliphatic heterocycles. The van der Waals surface area contributed by atoms with Crippen LogP contribution in [0.5, 0.6) is 5.75 Å². The number of hydrogen-bond donors (Lipinski definition) is 2. The second-order valence-electron chi connectivity index (χ2n) is 5.05. The van der Waals surface area contributed by atoms with E-state index in [1.54, 1.807) is 0 Å². The van der Waals surface area contributed by atoms with E-state index < -0.39 is 20.9 Å². The van der Waals surface area contributed by atoms with Crippen molar-refractivity contribution in [3.63, 3.8) is 0 Å². The van der Waals surface area contributed by atoms with Gasteiger partial charge in [0, 0.05) is 29.4 Å². The lowest BCUT2D eigenvalue weighted by Crippen LogP contribution is -2.13. The molecule has 0 atom stereocenters. The summed E-state index contributed by atoms with van der Waals surface area (Å²) >= 11 is 0. The first kappa shape index (κ1) is 18.2. The fourth-order valence-electron chi connectivity index (χ4n) is 1.99. The molecule has 0 radical (unpaired) electrons. The number of non-ortho nitro benzene ring substituents is 1. The van der Waals surface area contributed by atoms with Crippen molar-refractivity contribution < 1.29 is 22.9 Å². The molecule has 1 amide bonds. The maximum Gasteiger partial charge on any atom is 0.269 e. The first-order valence-electron chi connectivity index (χ1n) is 6.91. The second kappa shape index (κ2) is 7.18. The van der Waals surface area contributed by atoms with Gasteiger partial charge in [-0.3, -0.25) is 19.6 Å². The van der Waals surface area contributed by atoms with Gasteiger partial charge in [0.25, 0.3) is 11.6 Å². The lowest BCUT2D eigenvalue weighted by molar-refractivity contribution is -0.384. The van der Waals surface area contributed by atoms with E-state index in [0.717, 1.165) is 6.26 Å². The number of nitro groups is 1. The van der Waals surface area contributed by atoms with Crippen LogP contribution in [-0.2, 0) is 10.0 Å². The van der Waals surface area contributed by atoms with Gasteiger partial charge in [0.05, 0.1) is 24.0 Å². The zero-order valence-electron chi connectivity index (χ0n) is 13.3. The number of ether oxygens (including phenoxy) is 1. The number of anilines is 2. The molecule has 0 aliphatic rings. The van der Waals surface area contributed by atoms with E-state index in [-0.39, 0.29) is 22.7 Å². The van der Waals surface area contributed by atoms with Gasteiger partial charge in [-0.25, -0.2) is 8.42 Å². The molecule has 2 aromatic carbocycles. The van der Waals surface area contributed by atoms with E-state index in [1.165, 1.54) is 49.6 Å². The van der Waals surface area contributed by atoms with Crippen molar-refractivity contribution in [1.29, 1.82) is 0 Å². The molecular formula is C15H15N3O6S. The minimum absolute atomic E-state index is 0.116. The van der Waals surface area contributed by atoms with E-state index in [4.69, 9.17) is 4.74 Å². The first-order valence-corrected chi connectivity index (χ1v) is 8.80. The van der Waals surface area contributed by atoms with Crippen molar-refractivity contribution in [3.05, 3.63) is 58.1 Å². The molecule has 0 saturated heterocycles. The maximum absolute atomic E-state index is 12.2. The second-order valence-corrected chi connectivity index (χ2v) is 6.80. The molecule has 0 saturated carbocycles. The Bertz CT molecular complexity index is 909. The van der Waals surface area contributed by atoms with Crippen molar-refractivity contribution in [2.75, 3.05) is 23.4 Å². The minimum Gasteiger partial charge on any atom is -0.494 e. The van der Waals surface area contributed by atoms with Crippen LogP contribution in [-0.4, -0.2) is 32.6 Å². The third-order valence-electron chi connectivity index (χ3n) is 3.10. The maximum atomic E-state index is 12.2. The first-order chi connectivity index (χ1) is 11.7. The number of nitrogens with one attached hydrogen (secondary N) is 2. The Balaban J connectivity index is 2.19. The normalized spacial score (nSPS) is 10.8. The van der Waals surface area contributed by atoms with Crippen LogP contribution in [0.15, 0.2) is 42.5 Å². The zero-order valence-corrected chi connectivity index (χ0v) is 14.2.